The number of anilines is 2. The highest BCUT2D eigenvalue weighted by Gasteiger charge is 1.98. The lowest BCUT2D eigenvalue weighted by Crippen LogP contribution is -2.27. The lowest BCUT2D eigenvalue weighted by molar-refractivity contribution is 0.979. The van der Waals surface area contributed by atoms with Crippen LogP contribution in [0.1, 0.15) is 6.92 Å². The Balaban J connectivity index is 2.69. The van der Waals surface area contributed by atoms with Gasteiger partial charge in [-0.3, -0.25) is 0 Å². The standard InChI is InChI=1S/C11H17N3S/c1-4-12-11(15)13-9-6-5-7-10(8-9)14(2)3/h5-8H,4H2,1-3H3,(H2,12,13,15). The third kappa shape index (κ3) is 3.75. The molecule has 0 aromatic heterocycles. The molecular weight excluding hydrogens is 206 g/mol. The summed E-state index contributed by atoms with van der Waals surface area (Å²) in [5.41, 5.74) is 2.16. The van der Waals surface area contributed by atoms with Crippen LogP contribution in [0.2, 0.25) is 0 Å². The zero-order valence-electron chi connectivity index (χ0n) is 9.37. The van der Waals surface area contributed by atoms with Gasteiger partial charge in [-0.2, -0.15) is 0 Å². The number of benzene rings is 1. The quantitative estimate of drug-likeness (QED) is 0.767. The van der Waals surface area contributed by atoms with E-state index in [0.29, 0.717) is 5.11 Å². The van der Waals surface area contributed by atoms with Gasteiger partial charge in [-0.1, -0.05) is 6.07 Å². The van der Waals surface area contributed by atoms with Crippen LogP contribution < -0.4 is 15.5 Å². The molecule has 0 fully saturated rings. The minimum absolute atomic E-state index is 0.661. The minimum atomic E-state index is 0.661. The van der Waals surface area contributed by atoms with Gasteiger partial charge in [0.25, 0.3) is 0 Å². The highest BCUT2D eigenvalue weighted by atomic mass is 32.1. The molecule has 0 saturated heterocycles. The van der Waals surface area contributed by atoms with Gasteiger partial charge in [-0.05, 0) is 37.3 Å². The van der Waals surface area contributed by atoms with Crippen LogP contribution in [0.5, 0.6) is 0 Å². The van der Waals surface area contributed by atoms with E-state index in [-0.39, 0.29) is 0 Å². The molecule has 1 aromatic carbocycles. The van der Waals surface area contributed by atoms with E-state index in [1.54, 1.807) is 0 Å². The Hall–Kier alpha value is -1.29. The smallest absolute Gasteiger partial charge is 0.170 e. The molecule has 4 heteroatoms. The Morgan fingerprint density at radius 2 is 2.13 bits per heavy atom. The summed E-state index contributed by atoms with van der Waals surface area (Å²) in [4.78, 5) is 2.06. The van der Waals surface area contributed by atoms with Gasteiger partial charge in [0, 0.05) is 32.0 Å². The summed E-state index contributed by atoms with van der Waals surface area (Å²) >= 11 is 5.11. The SMILES string of the molecule is CCNC(=S)Nc1cccc(N(C)C)c1. The van der Waals surface area contributed by atoms with Gasteiger partial charge in [0.1, 0.15) is 0 Å². The summed E-state index contributed by atoms with van der Waals surface area (Å²) in [5, 5.41) is 6.84. The molecule has 0 amide bonds. The zero-order valence-corrected chi connectivity index (χ0v) is 10.2. The monoisotopic (exact) mass is 223 g/mol. The molecule has 0 spiro atoms. The van der Waals surface area contributed by atoms with E-state index < -0.39 is 0 Å². The van der Waals surface area contributed by atoms with Crippen molar-refractivity contribution < 1.29 is 0 Å². The number of hydrogen-bond donors (Lipinski definition) is 2. The van der Waals surface area contributed by atoms with Gasteiger partial charge < -0.3 is 15.5 Å². The molecule has 15 heavy (non-hydrogen) atoms. The number of thiocarbonyl (C=S) groups is 1. The van der Waals surface area contributed by atoms with Crippen LogP contribution in [0.4, 0.5) is 11.4 Å². The predicted molar refractivity (Wildman–Crippen MR) is 70.7 cm³/mol. The fourth-order valence-corrected chi connectivity index (χ4v) is 1.46. The second-order valence-electron chi connectivity index (χ2n) is 3.43. The van der Waals surface area contributed by atoms with E-state index in [4.69, 9.17) is 12.2 Å². The molecule has 82 valence electrons. The Labute approximate surface area is 96.5 Å². The molecule has 3 nitrogen and oxygen atoms in total. The minimum Gasteiger partial charge on any atom is -0.378 e. The molecule has 0 heterocycles. The van der Waals surface area contributed by atoms with Crippen LogP contribution in [0.25, 0.3) is 0 Å². The molecule has 1 aromatic rings. The van der Waals surface area contributed by atoms with E-state index in [1.807, 2.05) is 33.2 Å². The molecule has 0 radical (unpaired) electrons. The van der Waals surface area contributed by atoms with Crippen molar-refractivity contribution in [1.29, 1.82) is 0 Å². The Morgan fingerprint density at radius 1 is 1.40 bits per heavy atom. The second-order valence-corrected chi connectivity index (χ2v) is 3.84. The van der Waals surface area contributed by atoms with E-state index >= 15 is 0 Å². The molecular formula is C11H17N3S. The molecule has 0 atom stereocenters. The van der Waals surface area contributed by atoms with Gasteiger partial charge >= 0.3 is 0 Å². The third-order valence-electron chi connectivity index (χ3n) is 1.96. The first-order valence-electron chi connectivity index (χ1n) is 4.95. The van der Waals surface area contributed by atoms with Crippen LogP contribution in [-0.2, 0) is 0 Å². The number of rotatable bonds is 3. The van der Waals surface area contributed by atoms with Crippen molar-refractivity contribution in [3.8, 4) is 0 Å². The second kappa shape index (κ2) is 5.56. The van der Waals surface area contributed by atoms with Crippen molar-refractivity contribution in [2.75, 3.05) is 30.9 Å². The molecule has 0 saturated carbocycles. The molecule has 1 rings (SSSR count). The maximum atomic E-state index is 5.11. The van der Waals surface area contributed by atoms with E-state index in [9.17, 15) is 0 Å². The van der Waals surface area contributed by atoms with Crippen LogP contribution in [0.3, 0.4) is 0 Å². The number of nitrogens with one attached hydrogen (secondary N) is 2. The molecule has 0 aliphatic heterocycles. The van der Waals surface area contributed by atoms with Crippen molar-refractivity contribution in [3.05, 3.63) is 24.3 Å². The predicted octanol–water partition coefficient (Wildman–Crippen LogP) is 2.06. The molecule has 0 unspecified atom stereocenters. The molecule has 0 bridgehead atoms. The summed E-state index contributed by atoms with van der Waals surface area (Å²) in [6, 6.07) is 8.12. The Bertz CT molecular complexity index is 336. The summed E-state index contributed by atoms with van der Waals surface area (Å²) in [6.45, 7) is 2.85. The van der Waals surface area contributed by atoms with Gasteiger partial charge in [0.15, 0.2) is 5.11 Å². The fourth-order valence-electron chi connectivity index (χ4n) is 1.20. The van der Waals surface area contributed by atoms with Gasteiger partial charge in [-0.15, -0.1) is 0 Å². The van der Waals surface area contributed by atoms with Crippen LogP contribution in [0.15, 0.2) is 24.3 Å². The average molecular weight is 223 g/mol. The molecule has 2 N–H and O–H groups in total. The first kappa shape index (κ1) is 11.8. The number of nitrogens with zero attached hydrogens (tertiary/aromatic N) is 1. The van der Waals surface area contributed by atoms with Crippen LogP contribution in [-0.4, -0.2) is 25.8 Å². The van der Waals surface area contributed by atoms with Crippen molar-refractivity contribution in [2.24, 2.45) is 0 Å². The first-order chi connectivity index (χ1) is 7.13. The van der Waals surface area contributed by atoms with Gasteiger partial charge in [0.2, 0.25) is 0 Å². The first-order valence-corrected chi connectivity index (χ1v) is 5.36. The van der Waals surface area contributed by atoms with Crippen LogP contribution >= 0.6 is 12.2 Å². The van der Waals surface area contributed by atoms with E-state index in [1.165, 1.54) is 0 Å². The van der Waals surface area contributed by atoms with Gasteiger partial charge in [0.05, 0.1) is 0 Å². The largest absolute Gasteiger partial charge is 0.378 e. The maximum absolute atomic E-state index is 5.11. The third-order valence-corrected chi connectivity index (χ3v) is 2.20. The molecule has 0 aliphatic carbocycles. The highest BCUT2D eigenvalue weighted by molar-refractivity contribution is 7.80. The summed E-state index contributed by atoms with van der Waals surface area (Å²) in [6.07, 6.45) is 0. The highest BCUT2D eigenvalue weighted by Crippen LogP contribution is 2.16. The van der Waals surface area contributed by atoms with Crippen molar-refractivity contribution in [1.82, 2.24) is 5.32 Å². The summed E-state index contributed by atoms with van der Waals surface area (Å²) < 4.78 is 0. The molecule has 0 aliphatic rings. The van der Waals surface area contributed by atoms with E-state index in [2.05, 4.69) is 27.7 Å². The van der Waals surface area contributed by atoms with E-state index in [0.717, 1.165) is 17.9 Å². The summed E-state index contributed by atoms with van der Waals surface area (Å²) in [7, 11) is 4.03. The normalized spacial score (nSPS) is 9.53. The topological polar surface area (TPSA) is 27.3 Å². The Morgan fingerprint density at radius 3 is 2.73 bits per heavy atom. The van der Waals surface area contributed by atoms with Crippen LogP contribution in [0, 0.1) is 0 Å². The van der Waals surface area contributed by atoms with Crippen molar-refractivity contribution in [3.63, 3.8) is 0 Å². The lowest BCUT2D eigenvalue weighted by atomic mass is 10.2. The fraction of sp³-hybridized carbons (Fsp3) is 0.364. The number of hydrogen-bond acceptors (Lipinski definition) is 2. The Kier molecular flexibility index (Phi) is 4.37. The average Bonchev–Trinajstić information content (AvgIpc) is 2.18. The lowest BCUT2D eigenvalue weighted by Gasteiger charge is -2.14. The summed E-state index contributed by atoms with van der Waals surface area (Å²) in [5.74, 6) is 0. The van der Waals surface area contributed by atoms with Gasteiger partial charge in [-0.25, -0.2) is 0 Å². The van der Waals surface area contributed by atoms with Crippen molar-refractivity contribution in [2.45, 2.75) is 6.92 Å². The zero-order chi connectivity index (χ0) is 11.3. The van der Waals surface area contributed by atoms with Crippen molar-refractivity contribution >= 4 is 28.7 Å². The maximum Gasteiger partial charge on any atom is 0.170 e.